The quantitative estimate of drug-likeness (QED) is 0.669. The van der Waals surface area contributed by atoms with Crippen molar-refractivity contribution in [1.82, 2.24) is 10.6 Å². The number of carbonyl (C=O) groups excluding carboxylic acids is 2. The number of rotatable bonds is 5. The molecule has 1 aliphatic rings. The van der Waals surface area contributed by atoms with E-state index in [1.54, 1.807) is 0 Å². The van der Waals surface area contributed by atoms with E-state index < -0.39 is 44.6 Å². The van der Waals surface area contributed by atoms with Crippen LogP contribution in [0.25, 0.3) is 0 Å². The zero-order chi connectivity index (χ0) is 20.2. The number of hydrogen-bond donors (Lipinski definition) is 3. The summed E-state index contributed by atoms with van der Waals surface area (Å²) in [6.07, 6.45) is -4.50. The van der Waals surface area contributed by atoms with E-state index in [0.717, 1.165) is 12.1 Å². The lowest BCUT2D eigenvalue weighted by Gasteiger charge is -2.13. The number of nitrogens with one attached hydrogen (secondary N) is 3. The largest absolute Gasteiger partial charge is 0.417 e. The van der Waals surface area contributed by atoms with Gasteiger partial charge in [-0.2, -0.15) is 13.2 Å². The Kier molecular flexibility index (Phi) is 6.58. The molecule has 27 heavy (non-hydrogen) atoms. The molecular formula is C15H17ClF3N3O4S. The van der Waals surface area contributed by atoms with E-state index in [1.807, 2.05) is 0 Å². The Labute approximate surface area is 158 Å². The highest BCUT2D eigenvalue weighted by Crippen LogP contribution is 2.36. The summed E-state index contributed by atoms with van der Waals surface area (Å²) < 4.78 is 61.0. The molecule has 1 aliphatic heterocycles. The minimum absolute atomic E-state index is 0.0152. The number of halogens is 4. The first-order valence-electron chi connectivity index (χ1n) is 7.88. The smallest absolute Gasteiger partial charge is 0.338 e. The zero-order valence-corrected chi connectivity index (χ0v) is 15.5. The summed E-state index contributed by atoms with van der Waals surface area (Å²) >= 11 is 5.50. The van der Waals surface area contributed by atoms with E-state index in [0.29, 0.717) is 6.42 Å². The SMILES string of the molecule is O=C(CCNC(=O)N[C@@H]1CCS(=O)(=O)C1)Nc1ccc(Cl)c(C(F)(F)F)c1. The summed E-state index contributed by atoms with van der Waals surface area (Å²) in [5.41, 5.74) is -1.14. The average molecular weight is 428 g/mol. The maximum absolute atomic E-state index is 12.8. The summed E-state index contributed by atoms with van der Waals surface area (Å²) in [6, 6.07) is 1.90. The van der Waals surface area contributed by atoms with Crippen LogP contribution in [0.5, 0.6) is 0 Å². The van der Waals surface area contributed by atoms with E-state index in [2.05, 4.69) is 16.0 Å². The van der Waals surface area contributed by atoms with Crippen LogP contribution in [0.3, 0.4) is 0 Å². The summed E-state index contributed by atoms with van der Waals surface area (Å²) in [6.45, 7) is -0.0726. The monoisotopic (exact) mass is 427 g/mol. The molecule has 7 nitrogen and oxygen atoms in total. The third-order valence-corrected chi connectivity index (χ3v) is 5.86. The summed E-state index contributed by atoms with van der Waals surface area (Å²) in [4.78, 5) is 23.4. The van der Waals surface area contributed by atoms with E-state index >= 15 is 0 Å². The van der Waals surface area contributed by atoms with Gasteiger partial charge in [0.25, 0.3) is 0 Å². The Morgan fingerprint density at radius 1 is 1.26 bits per heavy atom. The van der Waals surface area contributed by atoms with Gasteiger partial charge in [0.1, 0.15) is 0 Å². The van der Waals surface area contributed by atoms with Crippen LogP contribution in [0.4, 0.5) is 23.7 Å². The van der Waals surface area contributed by atoms with E-state index in [-0.39, 0.29) is 30.2 Å². The topological polar surface area (TPSA) is 104 Å². The Bertz CT molecular complexity index is 830. The fraction of sp³-hybridized carbons (Fsp3) is 0.467. The van der Waals surface area contributed by atoms with Gasteiger partial charge < -0.3 is 16.0 Å². The van der Waals surface area contributed by atoms with Crippen molar-refractivity contribution in [3.05, 3.63) is 28.8 Å². The number of anilines is 1. The molecule has 0 unspecified atom stereocenters. The van der Waals surface area contributed by atoms with Crippen LogP contribution >= 0.6 is 11.6 Å². The molecule has 1 aromatic carbocycles. The molecule has 3 amide bonds. The van der Waals surface area contributed by atoms with Gasteiger partial charge in [0.15, 0.2) is 9.84 Å². The molecule has 0 spiro atoms. The van der Waals surface area contributed by atoms with Gasteiger partial charge >= 0.3 is 12.2 Å². The highest BCUT2D eigenvalue weighted by Gasteiger charge is 2.33. The summed E-state index contributed by atoms with van der Waals surface area (Å²) in [5.74, 6) is -0.713. The number of hydrogen-bond acceptors (Lipinski definition) is 4. The molecule has 0 bridgehead atoms. The molecule has 0 aliphatic carbocycles. The van der Waals surface area contributed by atoms with Crippen LogP contribution in [0.2, 0.25) is 5.02 Å². The van der Waals surface area contributed by atoms with Crippen LogP contribution in [0, 0.1) is 0 Å². The van der Waals surface area contributed by atoms with Gasteiger partial charge in [-0.3, -0.25) is 4.79 Å². The number of benzene rings is 1. The molecular weight excluding hydrogens is 411 g/mol. The van der Waals surface area contributed by atoms with Gasteiger partial charge in [0.05, 0.1) is 22.1 Å². The van der Waals surface area contributed by atoms with Crippen LogP contribution in [-0.2, 0) is 20.8 Å². The Morgan fingerprint density at radius 2 is 1.96 bits per heavy atom. The van der Waals surface area contributed by atoms with E-state index in [9.17, 15) is 31.2 Å². The van der Waals surface area contributed by atoms with Crippen molar-refractivity contribution >= 4 is 39.1 Å². The average Bonchev–Trinajstić information content (AvgIpc) is 2.86. The predicted molar refractivity (Wildman–Crippen MR) is 93.3 cm³/mol. The van der Waals surface area contributed by atoms with E-state index in [4.69, 9.17) is 11.6 Å². The molecule has 1 fully saturated rings. The third kappa shape index (κ3) is 6.58. The van der Waals surface area contributed by atoms with Gasteiger partial charge in [-0.05, 0) is 24.6 Å². The molecule has 1 aromatic rings. The maximum Gasteiger partial charge on any atom is 0.417 e. The minimum Gasteiger partial charge on any atom is -0.338 e. The molecule has 0 radical (unpaired) electrons. The zero-order valence-electron chi connectivity index (χ0n) is 13.9. The van der Waals surface area contributed by atoms with Crippen LogP contribution in [-0.4, -0.2) is 44.4 Å². The number of amides is 3. The maximum atomic E-state index is 12.8. The lowest BCUT2D eigenvalue weighted by molar-refractivity contribution is -0.137. The first-order valence-corrected chi connectivity index (χ1v) is 10.1. The van der Waals surface area contributed by atoms with Crippen LogP contribution in [0.15, 0.2) is 18.2 Å². The van der Waals surface area contributed by atoms with Crippen molar-refractivity contribution in [2.24, 2.45) is 0 Å². The van der Waals surface area contributed by atoms with Gasteiger partial charge in [0.2, 0.25) is 5.91 Å². The van der Waals surface area contributed by atoms with Gasteiger partial charge in [-0.1, -0.05) is 11.6 Å². The van der Waals surface area contributed by atoms with Gasteiger partial charge in [0, 0.05) is 24.7 Å². The second kappa shape index (κ2) is 8.34. The molecule has 2 rings (SSSR count). The molecule has 1 saturated heterocycles. The third-order valence-electron chi connectivity index (χ3n) is 3.76. The number of carbonyl (C=O) groups is 2. The normalized spacial score (nSPS) is 18.7. The Balaban J connectivity index is 1.77. The Hall–Kier alpha value is -2.01. The first kappa shape index (κ1) is 21.3. The second-order valence-corrected chi connectivity index (χ2v) is 8.63. The van der Waals surface area contributed by atoms with Gasteiger partial charge in [-0.25, -0.2) is 13.2 Å². The lowest BCUT2D eigenvalue weighted by atomic mass is 10.2. The first-order chi connectivity index (χ1) is 12.5. The minimum atomic E-state index is -4.65. The van der Waals surface area contributed by atoms with Crippen molar-refractivity contribution in [3.63, 3.8) is 0 Å². The second-order valence-electron chi connectivity index (χ2n) is 5.99. The highest BCUT2D eigenvalue weighted by atomic mass is 35.5. The fourth-order valence-electron chi connectivity index (χ4n) is 2.48. The lowest BCUT2D eigenvalue weighted by Crippen LogP contribution is -2.43. The summed E-state index contributed by atoms with van der Waals surface area (Å²) in [5, 5.41) is 6.69. The molecule has 1 heterocycles. The molecule has 3 N–H and O–H groups in total. The van der Waals surface area contributed by atoms with Crippen molar-refractivity contribution in [1.29, 1.82) is 0 Å². The molecule has 0 aromatic heterocycles. The molecule has 150 valence electrons. The number of alkyl halides is 3. The van der Waals surface area contributed by atoms with Crippen LogP contribution < -0.4 is 16.0 Å². The van der Waals surface area contributed by atoms with Crippen LogP contribution in [0.1, 0.15) is 18.4 Å². The van der Waals surface area contributed by atoms with Gasteiger partial charge in [-0.15, -0.1) is 0 Å². The van der Waals surface area contributed by atoms with Crippen molar-refractivity contribution in [3.8, 4) is 0 Å². The van der Waals surface area contributed by atoms with Crippen molar-refractivity contribution in [2.45, 2.75) is 25.1 Å². The highest BCUT2D eigenvalue weighted by molar-refractivity contribution is 7.91. The molecule has 0 saturated carbocycles. The fourth-order valence-corrected chi connectivity index (χ4v) is 4.38. The molecule has 1 atom stereocenters. The van der Waals surface area contributed by atoms with E-state index in [1.165, 1.54) is 6.07 Å². The summed E-state index contributed by atoms with van der Waals surface area (Å²) in [7, 11) is -3.12. The predicted octanol–water partition coefficient (Wildman–Crippen LogP) is 2.17. The van der Waals surface area contributed by atoms with Crippen molar-refractivity contribution < 1.29 is 31.2 Å². The van der Waals surface area contributed by atoms with Crippen molar-refractivity contribution in [2.75, 3.05) is 23.4 Å². The standard InChI is InChI=1S/C15H17ClF3N3O4S/c16-12-2-1-9(7-11(12)15(17,18)19)21-13(23)3-5-20-14(24)22-10-4-6-27(25,26)8-10/h1-2,7,10H,3-6,8H2,(H,21,23)(H2,20,22,24)/t10-/m1/s1. The Morgan fingerprint density at radius 3 is 2.56 bits per heavy atom. The molecule has 12 heteroatoms. The number of sulfone groups is 1. The number of urea groups is 1.